The lowest BCUT2D eigenvalue weighted by Gasteiger charge is -2.42. The molecule has 0 aromatic rings. The Bertz CT molecular complexity index is 541. The van der Waals surface area contributed by atoms with Gasteiger partial charge in [-0.3, -0.25) is 9.80 Å². The molecule has 0 radical (unpaired) electrons. The van der Waals surface area contributed by atoms with Crippen LogP contribution >= 0.6 is 0 Å². The minimum absolute atomic E-state index is 0.623. The summed E-state index contributed by atoms with van der Waals surface area (Å²) in [6.07, 6.45) is 8.30. The van der Waals surface area contributed by atoms with Crippen LogP contribution in [-0.2, 0) is 0 Å². The van der Waals surface area contributed by atoms with Crippen LogP contribution in [0.1, 0.15) is 68.2 Å². The second-order valence-corrected chi connectivity index (χ2v) is 11.1. The molecule has 0 bridgehead atoms. The van der Waals surface area contributed by atoms with Gasteiger partial charge in [0, 0.05) is 26.2 Å². The number of hydrogen-bond acceptors (Lipinski definition) is 2. The van der Waals surface area contributed by atoms with Crippen molar-refractivity contribution < 1.29 is 0 Å². The summed E-state index contributed by atoms with van der Waals surface area (Å²) in [6, 6.07) is 0. The van der Waals surface area contributed by atoms with Gasteiger partial charge in [0.1, 0.15) is 0 Å². The van der Waals surface area contributed by atoms with Crippen molar-refractivity contribution in [2.24, 2.45) is 41.4 Å². The number of nitrogens with zero attached hydrogens (tertiary/aromatic N) is 2. The van der Waals surface area contributed by atoms with E-state index in [0.29, 0.717) is 12.1 Å². The largest absolute Gasteiger partial charge is 0.286 e. The fourth-order valence-corrected chi connectivity index (χ4v) is 6.86. The third-order valence-corrected chi connectivity index (χ3v) is 8.10. The van der Waals surface area contributed by atoms with Gasteiger partial charge in [0.05, 0.1) is 6.17 Å². The molecular formula is C26H46N2. The molecule has 1 fully saturated rings. The van der Waals surface area contributed by atoms with Crippen molar-refractivity contribution in [1.82, 2.24) is 9.80 Å². The van der Waals surface area contributed by atoms with Gasteiger partial charge in [0.15, 0.2) is 0 Å². The Balaban J connectivity index is 1.69. The van der Waals surface area contributed by atoms with Gasteiger partial charge < -0.3 is 0 Å². The first-order chi connectivity index (χ1) is 13.2. The fourth-order valence-electron chi connectivity index (χ4n) is 6.86. The molecule has 0 aromatic carbocycles. The standard InChI is InChI=1S/C26H46N2/c1-17(2)26-27(15-24-20(5)11-18(3)12-21(24)6)9-10-28(26)16-25-22(7)13-19(4)14-23(25)8/h11,13,17,20-26H,9-10,12,14-16H2,1-8H3/t20-,21-,22+,23-,24-,25+,26?/m1/s1. The lowest BCUT2D eigenvalue weighted by molar-refractivity contribution is 0.0439. The Hall–Kier alpha value is -0.600. The molecular weight excluding hydrogens is 340 g/mol. The molecule has 0 saturated carbocycles. The van der Waals surface area contributed by atoms with Crippen molar-refractivity contribution in [3.63, 3.8) is 0 Å². The molecule has 7 atom stereocenters. The van der Waals surface area contributed by atoms with Gasteiger partial charge in [-0.15, -0.1) is 0 Å². The quantitative estimate of drug-likeness (QED) is 0.530. The summed E-state index contributed by atoms with van der Waals surface area (Å²) in [5.74, 6) is 5.38. The van der Waals surface area contributed by atoms with Crippen LogP contribution in [0.2, 0.25) is 0 Å². The van der Waals surface area contributed by atoms with Crippen LogP contribution in [0.5, 0.6) is 0 Å². The van der Waals surface area contributed by atoms with Gasteiger partial charge in [-0.2, -0.15) is 0 Å². The zero-order valence-electron chi connectivity index (χ0n) is 19.9. The van der Waals surface area contributed by atoms with Crippen LogP contribution in [-0.4, -0.2) is 42.1 Å². The second kappa shape index (κ2) is 9.04. The van der Waals surface area contributed by atoms with Crippen LogP contribution in [0.25, 0.3) is 0 Å². The Kier molecular flexibility index (Phi) is 7.14. The third kappa shape index (κ3) is 4.75. The summed E-state index contributed by atoms with van der Waals surface area (Å²) >= 11 is 0. The van der Waals surface area contributed by atoms with E-state index in [1.807, 2.05) is 0 Å². The van der Waals surface area contributed by atoms with Gasteiger partial charge in [0.25, 0.3) is 0 Å². The van der Waals surface area contributed by atoms with E-state index in [4.69, 9.17) is 0 Å². The molecule has 1 unspecified atom stereocenters. The topological polar surface area (TPSA) is 6.48 Å². The molecule has 28 heavy (non-hydrogen) atoms. The minimum atomic E-state index is 0.623. The van der Waals surface area contributed by atoms with Crippen LogP contribution in [0.3, 0.4) is 0 Å². The first-order valence-corrected chi connectivity index (χ1v) is 12.0. The molecule has 0 amide bonds. The molecule has 2 heteroatoms. The molecule has 2 aliphatic carbocycles. The van der Waals surface area contributed by atoms with E-state index in [9.17, 15) is 0 Å². The highest BCUT2D eigenvalue weighted by atomic mass is 15.4. The number of allylic oxidation sites excluding steroid dienone is 4. The predicted molar refractivity (Wildman–Crippen MR) is 122 cm³/mol. The van der Waals surface area contributed by atoms with Crippen molar-refractivity contribution in [2.45, 2.75) is 74.4 Å². The van der Waals surface area contributed by atoms with Gasteiger partial charge >= 0.3 is 0 Å². The normalized spacial score (nSPS) is 40.7. The zero-order valence-corrected chi connectivity index (χ0v) is 19.9. The average molecular weight is 387 g/mol. The second-order valence-electron chi connectivity index (χ2n) is 11.1. The summed E-state index contributed by atoms with van der Waals surface area (Å²) in [5.41, 5.74) is 3.20. The zero-order chi connectivity index (χ0) is 20.6. The number of rotatable bonds is 5. The molecule has 1 saturated heterocycles. The molecule has 0 N–H and O–H groups in total. The van der Waals surface area contributed by atoms with E-state index in [-0.39, 0.29) is 0 Å². The van der Waals surface area contributed by atoms with E-state index in [0.717, 1.165) is 35.5 Å². The van der Waals surface area contributed by atoms with E-state index in [2.05, 4.69) is 77.3 Å². The van der Waals surface area contributed by atoms with Crippen molar-refractivity contribution >= 4 is 0 Å². The molecule has 1 heterocycles. The summed E-state index contributed by atoms with van der Waals surface area (Å²) < 4.78 is 0. The van der Waals surface area contributed by atoms with Crippen LogP contribution < -0.4 is 0 Å². The molecule has 3 rings (SSSR count). The van der Waals surface area contributed by atoms with Crippen molar-refractivity contribution in [3.05, 3.63) is 23.3 Å². The van der Waals surface area contributed by atoms with Gasteiger partial charge in [0.2, 0.25) is 0 Å². The molecule has 2 nitrogen and oxygen atoms in total. The highest BCUT2D eigenvalue weighted by molar-refractivity contribution is 5.10. The molecule has 160 valence electrons. The number of hydrogen-bond donors (Lipinski definition) is 0. The lowest BCUT2D eigenvalue weighted by Crippen LogP contribution is -2.48. The van der Waals surface area contributed by atoms with Crippen LogP contribution in [0, 0.1) is 41.4 Å². The first kappa shape index (κ1) is 22.1. The fraction of sp³-hybridized carbons (Fsp3) is 0.846. The van der Waals surface area contributed by atoms with Gasteiger partial charge in [-0.05, 0) is 68.1 Å². The predicted octanol–water partition coefficient (Wildman–Crippen LogP) is 6.06. The molecule has 1 aliphatic heterocycles. The minimum Gasteiger partial charge on any atom is -0.286 e. The van der Waals surface area contributed by atoms with Gasteiger partial charge in [-0.1, -0.05) is 64.8 Å². The summed E-state index contributed by atoms with van der Waals surface area (Å²) in [4.78, 5) is 5.69. The van der Waals surface area contributed by atoms with Gasteiger partial charge in [-0.25, -0.2) is 0 Å². The maximum atomic E-state index is 2.84. The maximum absolute atomic E-state index is 2.84. The van der Waals surface area contributed by atoms with E-state index >= 15 is 0 Å². The summed E-state index contributed by atoms with van der Waals surface area (Å²) in [6.45, 7) is 24.4. The van der Waals surface area contributed by atoms with Crippen LogP contribution in [0.15, 0.2) is 23.3 Å². The first-order valence-electron chi connectivity index (χ1n) is 12.0. The smallest absolute Gasteiger partial charge is 0.0647 e. The molecule has 3 aliphatic rings. The Labute approximate surface area is 175 Å². The maximum Gasteiger partial charge on any atom is 0.0647 e. The third-order valence-electron chi connectivity index (χ3n) is 8.10. The highest BCUT2D eigenvalue weighted by Gasteiger charge is 2.40. The SMILES string of the molecule is CC1=C[C@@H](C)[C@@H](CN2CCN(C[C@@H]3[C@H](C)CC(C)=C[C@@H]3C)C2C(C)C)[C@H](C)C1. The average Bonchev–Trinajstić information content (AvgIpc) is 2.96. The monoisotopic (exact) mass is 386 g/mol. The van der Waals surface area contributed by atoms with E-state index < -0.39 is 0 Å². The van der Waals surface area contributed by atoms with Crippen LogP contribution in [0.4, 0.5) is 0 Å². The summed E-state index contributed by atoms with van der Waals surface area (Å²) in [5, 5.41) is 0. The molecule has 0 aromatic heterocycles. The Morgan fingerprint density at radius 1 is 0.786 bits per heavy atom. The van der Waals surface area contributed by atoms with Crippen molar-refractivity contribution in [1.29, 1.82) is 0 Å². The molecule has 0 spiro atoms. The highest BCUT2D eigenvalue weighted by Crippen LogP contribution is 2.38. The van der Waals surface area contributed by atoms with E-state index in [1.54, 1.807) is 11.1 Å². The Morgan fingerprint density at radius 2 is 1.18 bits per heavy atom. The lowest BCUT2D eigenvalue weighted by atomic mass is 9.74. The van der Waals surface area contributed by atoms with E-state index in [1.165, 1.54) is 39.0 Å². The van der Waals surface area contributed by atoms with Crippen molar-refractivity contribution in [3.8, 4) is 0 Å². The van der Waals surface area contributed by atoms with Crippen molar-refractivity contribution in [2.75, 3.05) is 26.2 Å². The summed E-state index contributed by atoms with van der Waals surface area (Å²) in [7, 11) is 0. The Morgan fingerprint density at radius 3 is 1.50 bits per heavy atom.